The maximum absolute atomic E-state index is 10.7. The van der Waals surface area contributed by atoms with E-state index in [4.69, 9.17) is 4.98 Å². The topological polar surface area (TPSA) is 79.0 Å². The highest BCUT2D eigenvalue weighted by molar-refractivity contribution is 5.73. The van der Waals surface area contributed by atoms with Gasteiger partial charge in [-0.2, -0.15) is 10.5 Å². The molecule has 58 heavy (non-hydrogen) atoms. The molecule has 1 N–H and O–H groups in total. The Labute approximate surface area is 341 Å². The Morgan fingerprint density at radius 3 is 2.36 bits per heavy atom. The van der Waals surface area contributed by atoms with Crippen LogP contribution in [-0.2, 0) is 0 Å². The summed E-state index contributed by atoms with van der Waals surface area (Å²) in [5, 5.41) is 25.1. The summed E-state index contributed by atoms with van der Waals surface area (Å²) in [6.07, 6.45) is 35.1. The molecule has 6 nitrogen and oxygen atoms in total. The zero-order chi connectivity index (χ0) is 39.0. The Balaban J connectivity index is 1.06. The molecule has 0 amide bonds. The number of hydrogen-bond acceptors (Lipinski definition) is 6. The van der Waals surface area contributed by atoms with Crippen LogP contribution in [0.25, 0.3) is 5.57 Å². The fraction of sp³-hybridized carbons (Fsp3) is 0.212. The molecule has 1 aromatic heterocycles. The molecule has 6 atom stereocenters. The van der Waals surface area contributed by atoms with Gasteiger partial charge in [0.15, 0.2) is 0 Å². The van der Waals surface area contributed by atoms with Crippen molar-refractivity contribution in [3.8, 4) is 12.1 Å². The highest BCUT2D eigenvalue weighted by atomic mass is 15.3. The standard InChI is InChI=1S/C52H44N6/c53-33-41-31-39(35-11-3-1-4-12-35)21-25-45(41)57(49-15-7-9-29-55-49)47-27-19-37-18-24-44-48(28-20-38-17-23-43(47)51(37)52(38)44)58(50-16-8-10-30-56-50)46-26-22-40(32-42(46)34-54)36-13-5-2-6-14-36/h1-7,9,11-21,23-29,32,37,40-41,44,51-52,56H,8,10,22,30-31H2/t37?,40?,41-,44?,51?,52?/m1/s1. The Hall–Kier alpha value is -6.89. The van der Waals surface area contributed by atoms with Crippen LogP contribution in [0.4, 0.5) is 5.82 Å². The van der Waals surface area contributed by atoms with Gasteiger partial charge in [0.25, 0.3) is 0 Å². The van der Waals surface area contributed by atoms with Gasteiger partial charge in [-0.3, -0.25) is 9.80 Å². The van der Waals surface area contributed by atoms with Crippen LogP contribution in [0.5, 0.6) is 0 Å². The summed E-state index contributed by atoms with van der Waals surface area (Å²) in [6.45, 7) is 0.894. The molecule has 0 bridgehead atoms. The monoisotopic (exact) mass is 752 g/mol. The van der Waals surface area contributed by atoms with Crippen molar-refractivity contribution >= 4 is 11.4 Å². The van der Waals surface area contributed by atoms with Crippen LogP contribution in [0.1, 0.15) is 42.7 Å². The third-order valence-electron chi connectivity index (χ3n) is 12.7. The van der Waals surface area contributed by atoms with Crippen LogP contribution in [-0.4, -0.2) is 16.4 Å². The first-order valence-electron chi connectivity index (χ1n) is 20.6. The molecule has 0 radical (unpaired) electrons. The zero-order valence-electron chi connectivity index (χ0n) is 32.3. The molecule has 2 heterocycles. The van der Waals surface area contributed by atoms with E-state index in [2.05, 4.69) is 155 Å². The number of rotatable bonds is 8. The Morgan fingerprint density at radius 2 is 1.59 bits per heavy atom. The Morgan fingerprint density at radius 1 is 0.759 bits per heavy atom. The average Bonchev–Trinajstić information content (AvgIpc) is 3.30. The molecule has 1 aliphatic heterocycles. The van der Waals surface area contributed by atoms with Crippen LogP contribution >= 0.6 is 0 Å². The number of nitrogens with one attached hydrogen (secondary N) is 1. The number of hydrogen-bond donors (Lipinski definition) is 1. The highest BCUT2D eigenvalue weighted by Crippen LogP contribution is 2.55. The van der Waals surface area contributed by atoms with Gasteiger partial charge in [0.1, 0.15) is 17.7 Å². The minimum absolute atomic E-state index is 0.0756. The third-order valence-corrected chi connectivity index (χ3v) is 12.7. The lowest BCUT2D eigenvalue weighted by atomic mass is 9.58. The summed E-state index contributed by atoms with van der Waals surface area (Å²) in [7, 11) is 0. The molecule has 0 spiro atoms. The van der Waals surface area contributed by atoms with E-state index in [0.717, 1.165) is 65.7 Å². The smallest absolute Gasteiger partial charge is 0.137 e. The van der Waals surface area contributed by atoms with Crippen molar-refractivity contribution in [3.05, 3.63) is 221 Å². The molecule has 7 aliphatic rings. The molecule has 6 heteroatoms. The maximum Gasteiger partial charge on any atom is 0.137 e. The zero-order valence-corrected chi connectivity index (χ0v) is 32.3. The van der Waals surface area contributed by atoms with Gasteiger partial charge < -0.3 is 5.32 Å². The second kappa shape index (κ2) is 15.2. The quantitative estimate of drug-likeness (QED) is 0.231. The van der Waals surface area contributed by atoms with Crippen molar-refractivity contribution in [2.24, 2.45) is 29.6 Å². The first kappa shape index (κ1) is 35.5. The predicted molar refractivity (Wildman–Crippen MR) is 230 cm³/mol. The van der Waals surface area contributed by atoms with Crippen LogP contribution in [0, 0.1) is 52.3 Å². The fourth-order valence-electron chi connectivity index (χ4n) is 10.0. The highest BCUT2D eigenvalue weighted by Gasteiger charge is 2.47. The van der Waals surface area contributed by atoms with Crippen LogP contribution in [0.2, 0.25) is 0 Å². The molecule has 0 saturated heterocycles. The molecule has 3 aromatic rings. The van der Waals surface area contributed by atoms with E-state index in [1.54, 1.807) is 0 Å². The van der Waals surface area contributed by atoms with Crippen molar-refractivity contribution in [1.82, 2.24) is 15.2 Å². The average molecular weight is 753 g/mol. The minimum atomic E-state index is -0.356. The first-order chi connectivity index (χ1) is 28.7. The van der Waals surface area contributed by atoms with Gasteiger partial charge in [-0.25, -0.2) is 4.98 Å². The number of benzene rings is 2. The summed E-state index contributed by atoms with van der Waals surface area (Å²) in [5.41, 5.74) is 10.9. The van der Waals surface area contributed by atoms with Gasteiger partial charge in [-0.1, -0.05) is 121 Å². The Bertz CT molecular complexity index is 2560. The Kier molecular flexibility index (Phi) is 9.32. The lowest BCUT2D eigenvalue weighted by Crippen LogP contribution is -2.44. The van der Waals surface area contributed by atoms with Crippen molar-refractivity contribution in [2.75, 3.05) is 11.4 Å². The van der Waals surface area contributed by atoms with Crippen molar-refractivity contribution in [3.63, 3.8) is 0 Å². The molecule has 5 unspecified atom stereocenters. The molecule has 0 saturated carbocycles. The van der Waals surface area contributed by atoms with Gasteiger partial charge in [-0.05, 0) is 90.0 Å². The van der Waals surface area contributed by atoms with Gasteiger partial charge in [0.05, 0.1) is 29.0 Å². The number of aromatic nitrogens is 1. The van der Waals surface area contributed by atoms with E-state index in [9.17, 15) is 10.5 Å². The molecule has 2 aromatic carbocycles. The van der Waals surface area contributed by atoms with Gasteiger partial charge in [-0.15, -0.1) is 0 Å². The summed E-state index contributed by atoms with van der Waals surface area (Å²) in [6, 6.07) is 32.2. The second-order valence-electron chi connectivity index (χ2n) is 15.9. The predicted octanol–water partition coefficient (Wildman–Crippen LogP) is 10.7. The first-order valence-corrected chi connectivity index (χ1v) is 20.6. The molecule has 0 fully saturated rings. The fourth-order valence-corrected chi connectivity index (χ4v) is 10.0. The largest absolute Gasteiger partial charge is 0.371 e. The van der Waals surface area contributed by atoms with E-state index in [0.29, 0.717) is 12.0 Å². The number of anilines is 1. The number of pyridine rings is 1. The number of nitriles is 2. The maximum atomic E-state index is 10.7. The van der Waals surface area contributed by atoms with E-state index < -0.39 is 0 Å². The lowest BCUT2D eigenvalue weighted by Gasteiger charge is -2.49. The van der Waals surface area contributed by atoms with Crippen molar-refractivity contribution in [2.45, 2.75) is 31.6 Å². The third kappa shape index (κ3) is 6.23. The number of nitrogens with zero attached hydrogens (tertiary/aromatic N) is 5. The molecule has 10 rings (SSSR count). The summed E-state index contributed by atoms with van der Waals surface area (Å²) in [4.78, 5) is 9.49. The number of allylic oxidation sites excluding steroid dienone is 18. The van der Waals surface area contributed by atoms with Crippen LogP contribution in [0.15, 0.2) is 209 Å². The summed E-state index contributed by atoms with van der Waals surface area (Å²) < 4.78 is 0. The van der Waals surface area contributed by atoms with Crippen LogP contribution in [0.3, 0.4) is 0 Å². The summed E-state index contributed by atoms with van der Waals surface area (Å²) >= 11 is 0. The van der Waals surface area contributed by atoms with E-state index in [-0.39, 0.29) is 35.5 Å². The SMILES string of the molecule is N#CC1=CC(c2ccccc2)CC=C1N(C1=CCCCN1)C1=CC=C2C=CC3=C(N(C4=CC=C(c5ccccc5)C[C@@H]4C#N)c4ccccn4)C=CC4C=CC1C2C34. The molecule has 6 aliphatic carbocycles. The molecular weight excluding hydrogens is 709 g/mol. The van der Waals surface area contributed by atoms with Crippen molar-refractivity contribution < 1.29 is 0 Å². The second-order valence-corrected chi connectivity index (χ2v) is 15.9. The van der Waals surface area contributed by atoms with Gasteiger partial charge >= 0.3 is 0 Å². The molecule has 282 valence electrons. The van der Waals surface area contributed by atoms with Crippen molar-refractivity contribution in [1.29, 1.82) is 10.5 Å². The van der Waals surface area contributed by atoms with Gasteiger partial charge in [0, 0.05) is 53.7 Å². The van der Waals surface area contributed by atoms with E-state index in [1.165, 1.54) is 22.4 Å². The van der Waals surface area contributed by atoms with Gasteiger partial charge in [0.2, 0.25) is 0 Å². The minimum Gasteiger partial charge on any atom is -0.371 e. The van der Waals surface area contributed by atoms with E-state index in [1.807, 2.05) is 36.5 Å². The van der Waals surface area contributed by atoms with E-state index >= 15 is 0 Å². The lowest BCUT2D eigenvalue weighted by molar-refractivity contribution is 0.274. The normalized spacial score (nSPS) is 26.5. The van der Waals surface area contributed by atoms with Crippen LogP contribution < -0.4 is 10.2 Å². The summed E-state index contributed by atoms with van der Waals surface area (Å²) in [5.74, 6) is 2.29. The molecular formula is C52H44N6.